The van der Waals surface area contributed by atoms with Crippen molar-refractivity contribution in [3.63, 3.8) is 0 Å². The number of rotatable bonds is 6. The van der Waals surface area contributed by atoms with Crippen LogP contribution in [0.25, 0.3) is 0 Å². The monoisotopic (exact) mass is 306 g/mol. The molecule has 22 heavy (non-hydrogen) atoms. The highest BCUT2D eigenvalue weighted by molar-refractivity contribution is 5.80. The highest BCUT2D eigenvalue weighted by Crippen LogP contribution is 2.18. The van der Waals surface area contributed by atoms with Crippen LogP contribution < -0.4 is 10.1 Å². The summed E-state index contributed by atoms with van der Waals surface area (Å²) in [5, 5.41) is 3.37. The molecule has 0 amide bonds. The zero-order valence-electron chi connectivity index (χ0n) is 13.7. The van der Waals surface area contributed by atoms with Crippen LogP contribution in [0.2, 0.25) is 0 Å². The van der Waals surface area contributed by atoms with Crippen LogP contribution in [0.3, 0.4) is 0 Å². The molecule has 0 bridgehead atoms. The molecule has 0 spiro atoms. The normalized spacial score (nSPS) is 18.6. The summed E-state index contributed by atoms with van der Waals surface area (Å²) in [4.78, 5) is 11.3. The smallest absolute Gasteiger partial charge is 0.218 e. The molecule has 1 atom stereocenters. The fourth-order valence-electron chi connectivity index (χ4n) is 2.71. The molecule has 0 radical (unpaired) electrons. The Bertz CT molecular complexity index is 493. The third kappa shape index (κ3) is 4.34. The second kappa shape index (κ2) is 8.58. The Balaban J connectivity index is 2.04. The Morgan fingerprint density at radius 1 is 1.50 bits per heavy atom. The minimum atomic E-state index is 0.560. The van der Waals surface area contributed by atoms with E-state index < -0.39 is 0 Å². The predicted molar refractivity (Wildman–Crippen MR) is 87.2 cm³/mol. The molecule has 1 aromatic rings. The van der Waals surface area contributed by atoms with Gasteiger partial charge in [0.15, 0.2) is 5.96 Å². The average Bonchev–Trinajstić information content (AvgIpc) is 3.00. The molecule has 2 rings (SSSR count). The topological polar surface area (TPSA) is 59.0 Å². The Morgan fingerprint density at radius 3 is 3.09 bits per heavy atom. The van der Waals surface area contributed by atoms with E-state index in [2.05, 4.69) is 22.1 Å². The van der Waals surface area contributed by atoms with Crippen molar-refractivity contribution in [2.75, 3.05) is 40.5 Å². The van der Waals surface area contributed by atoms with E-state index in [9.17, 15) is 0 Å². The molecule has 0 saturated carbocycles. The number of nitrogens with zero attached hydrogens (tertiary/aromatic N) is 3. The molecule has 1 unspecified atom stereocenters. The lowest BCUT2D eigenvalue weighted by Crippen LogP contribution is -2.40. The third-order valence-electron chi connectivity index (χ3n) is 3.77. The van der Waals surface area contributed by atoms with Crippen LogP contribution in [0, 0.1) is 5.92 Å². The van der Waals surface area contributed by atoms with Gasteiger partial charge >= 0.3 is 0 Å². The first-order chi connectivity index (χ1) is 10.8. The van der Waals surface area contributed by atoms with Gasteiger partial charge in [-0.3, -0.25) is 0 Å². The Morgan fingerprint density at radius 2 is 2.36 bits per heavy atom. The number of likely N-dealkylation sites (tertiary alicyclic amines) is 1. The van der Waals surface area contributed by atoms with Crippen LogP contribution in [0.1, 0.15) is 18.9 Å². The average molecular weight is 306 g/mol. The summed E-state index contributed by atoms with van der Waals surface area (Å²) >= 11 is 0. The molecule has 1 N–H and O–H groups in total. The van der Waals surface area contributed by atoms with Gasteiger partial charge in [-0.05, 0) is 19.4 Å². The molecule has 0 aromatic carbocycles. The van der Waals surface area contributed by atoms with Crippen LogP contribution in [-0.4, -0.2) is 56.3 Å². The number of aliphatic imine (C=N–C) groups is 1. The summed E-state index contributed by atoms with van der Waals surface area (Å²) in [6.45, 7) is 6.32. The lowest BCUT2D eigenvalue weighted by Gasteiger charge is -2.21. The second-order valence-electron chi connectivity index (χ2n) is 5.40. The van der Waals surface area contributed by atoms with E-state index >= 15 is 0 Å². The molecule has 0 aliphatic carbocycles. The van der Waals surface area contributed by atoms with Crippen LogP contribution in [0.5, 0.6) is 5.88 Å². The van der Waals surface area contributed by atoms with Crippen molar-refractivity contribution < 1.29 is 9.47 Å². The first-order valence-corrected chi connectivity index (χ1v) is 7.78. The Hall–Kier alpha value is -1.82. The minimum Gasteiger partial charge on any atom is -0.481 e. The van der Waals surface area contributed by atoms with Gasteiger partial charge in [0, 0.05) is 44.4 Å². The van der Waals surface area contributed by atoms with Crippen molar-refractivity contribution in [3.8, 4) is 5.88 Å². The van der Waals surface area contributed by atoms with Crippen molar-refractivity contribution in [2.45, 2.75) is 19.9 Å². The zero-order chi connectivity index (χ0) is 15.8. The van der Waals surface area contributed by atoms with Gasteiger partial charge in [-0.15, -0.1) is 0 Å². The van der Waals surface area contributed by atoms with Crippen molar-refractivity contribution in [1.29, 1.82) is 0 Å². The van der Waals surface area contributed by atoms with Crippen LogP contribution >= 0.6 is 0 Å². The highest BCUT2D eigenvalue weighted by atomic mass is 16.5. The number of aromatic nitrogens is 1. The second-order valence-corrected chi connectivity index (χ2v) is 5.40. The molecule has 6 nitrogen and oxygen atoms in total. The number of methoxy groups -OCH3 is 2. The molecular formula is C16H26N4O2. The summed E-state index contributed by atoms with van der Waals surface area (Å²) < 4.78 is 10.5. The standard InChI is InChI=1S/C16H26N4O2/c1-4-17-16(20-9-7-13(11-20)12-21-2)19-10-14-6-5-8-18-15(14)22-3/h5-6,8,13H,4,7,9-12H2,1-3H3,(H,17,19). The van der Waals surface area contributed by atoms with E-state index in [0.29, 0.717) is 18.3 Å². The van der Waals surface area contributed by atoms with Crippen molar-refractivity contribution in [1.82, 2.24) is 15.2 Å². The SMILES string of the molecule is CCNC(=NCc1cccnc1OC)N1CCC(COC)C1. The number of pyridine rings is 1. The molecule has 6 heteroatoms. The first kappa shape index (κ1) is 16.5. The van der Waals surface area contributed by atoms with E-state index in [4.69, 9.17) is 14.5 Å². The van der Waals surface area contributed by atoms with E-state index in [1.54, 1.807) is 20.4 Å². The van der Waals surface area contributed by atoms with Crippen LogP contribution in [0.4, 0.5) is 0 Å². The number of nitrogens with one attached hydrogen (secondary N) is 1. The summed E-state index contributed by atoms with van der Waals surface area (Å²) in [5.74, 6) is 2.18. The van der Waals surface area contributed by atoms with E-state index in [1.807, 2.05) is 12.1 Å². The lowest BCUT2D eigenvalue weighted by atomic mass is 10.1. The maximum absolute atomic E-state index is 5.28. The number of hydrogen-bond acceptors (Lipinski definition) is 4. The maximum atomic E-state index is 5.28. The largest absolute Gasteiger partial charge is 0.481 e. The van der Waals surface area contributed by atoms with Gasteiger partial charge in [-0.25, -0.2) is 9.98 Å². The fourth-order valence-corrected chi connectivity index (χ4v) is 2.71. The van der Waals surface area contributed by atoms with E-state index in [0.717, 1.165) is 44.2 Å². The summed E-state index contributed by atoms with van der Waals surface area (Å²) in [5.41, 5.74) is 0.994. The number of hydrogen-bond donors (Lipinski definition) is 1. The maximum Gasteiger partial charge on any atom is 0.218 e. The van der Waals surface area contributed by atoms with Gasteiger partial charge in [0.1, 0.15) is 0 Å². The van der Waals surface area contributed by atoms with Crippen molar-refractivity contribution in [2.24, 2.45) is 10.9 Å². The molecule has 1 aliphatic heterocycles. The minimum absolute atomic E-state index is 0.560. The molecule has 1 fully saturated rings. The quantitative estimate of drug-likeness (QED) is 0.638. The van der Waals surface area contributed by atoms with Gasteiger partial charge < -0.3 is 19.7 Å². The summed E-state index contributed by atoms with van der Waals surface area (Å²) in [7, 11) is 3.40. The van der Waals surface area contributed by atoms with Gasteiger partial charge in [0.05, 0.1) is 20.3 Å². The van der Waals surface area contributed by atoms with Crippen LogP contribution in [-0.2, 0) is 11.3 Å². The Kier molecular flexibility index (Phi) is 6.45. The van der Waals surface area contributed by atoms with E-state index in [1.165, 1.54) is 0 Å². The van der Waals surface area contributed by atoms with Crippen molar-refractivity contribution in [3.05, 3.63) is 23.9 Å². The fraction of sp³-hybridized carbons (Fsp3) is 0.625. The predicted octanol–water partition coefficient (Wildman–Crippen LogP) is 1.52. The molecule has 122 valence electrons. The molecule has 2 heterocycles. The molecule has 1 aliphatic rings. The summed E-state index contributed by atoms with van der Waals surface area (Å²) in [6, 6.07) is 3.90. The number of guanidine groups is 1. The van der Waals surface area contributed by atoms with Gasteiger partial charge in [0.25, 0.3) is 0 Å². The zero-order valence-corrected chi connectivity index (χ0v) is 13.7. The first-order valence-electron chi connectivity index (χ1n) is 7.78. The highest BCUT2D eigenvalue weighted by Gasteiger charge is 2.24. The molecule has 1 aromatic heterocycles. The number of ether oxygens (including phenoxy) is 2. The van der Waals surface area contributed by atoms with Gasteiger partial charge in [0.2, 0.25) is 5.88 Å². The lowest BCUT2D eigenvalue weighted by molar-refractivity contribution is 0.157. The summed E-state index contributed by atoms with van der Waals surface area (Å²) in [6.07, 6.45) is 2.88. The van der Waals surface area contributed by atoms with Crippen molar-refractivity contribution >= 4 is 5.96 Å². The van der Waals surface area contributed by atoms with E-state index in [-0.39, 0.29) is 0 Å². The van der Waals surface area contributed by atoms with Gasteiger partial charge in [-0.2, -0.15) is 0 Å². The Labute approximate surface area is 132 Å². The third-order valence-corrected chi connectivity index (χ3v) is 3.77. The van der Waals surface area contributed by atoms with Crippen LogP contribution in [0.15, 0.2) is 23.3 Å². The molecule has 1 saturated heterocycles. The van der Waals surface area contributed by atoms with Gasteiger partial charge in [-0.1, -0.05) is 6.07 Å². The molecular weight excluding hydrogens is 280 g/mol.